The molecule has 1 heterocycles. The lowest BCUT2D eigenvalue weighted by Gasteiger charge is -2.40. The minimum Gasteiger partial charge on any atom is -0.379 e. The molecule has 0 atom stereocenters. The molecule has 1 aromatic carbocycles. The first-order valence-electron chi connectivity index (χ1n) is 9.23. The maximum absolute atomic E-state index is 12.3. The van der Waals surface area contributed by atoms with Crippen LogP contribution in [0.25, 0.3) is 0 Å². The molecule has 140 valence electrons. The van der Waals surface area contributed by atoms with Crippen LogP contribution in [0.5, 0.6) is 0 Å². The van der Waals surface area contributed by atoms with Crippen molar-refractivity contribution in [1.82, 2.24) is 9.80 Å². The molecule has 1 saturated heterocycles. The van der Waals surface area contributed by atoms with E-state index in [0.29, 0.717) is 6.42 Å². The first kappa shape index (κ1) is 19.9. The van der Waals surface area contributed by atoms with Crippen molar-refractivity contribution in [2.75, 3.05) is 52.3 Å². The summed E-state index contributed by atoms with van der Waals surface area (Å²) in [5.74, 6) is 0.0855. The van der Waals surface area contributed by atoms with Gasteiger partial charge in [0.15, 0.2) is 0 Å². The first-order chi connectivity index (χ1) is 11.9. The van der Waals surface area contributed by atoms with Gasteiger partial charge in [0.05, 0.1) is 13.2 Å². The molecule has 1 aromatic rings. The average Bonchev–Trinajstić information content (AvgIpc) is 2.60. The molecule has 1 amide bonds. The number of likely N-dealkylation sites (N-methyl/N-ethyl adjacent to an activating group) is 1. The zero-order chi connectivity index (χ0) is 18.3. The second kappa shape index (κ2) is 9.32. The van der Waals surface area contributed by atoms with Crippen molar-refractivity contribution in [3.63, 3.8) is 0 Å². The highest BCUT2D eigenvalue weighted by Gasteiger charge is 2.28. The van der Waals surface area contributed by atoms with Crippen LogP contribution in [-0.4, -0.2) is 68.2 Å². The summed E-state index contributed by atoms with van der Waals surface area (Å²) in [6, 6.07) is 8.18. The second-order valence-corrected chi connectivity index (χ2v) is 7.71. The Morgan fingerprint density at radius 3 is 2.44 bits per heavy atom. The van der Waals surface area contributed by atoms with Crippen LogP contribution in [0.15, 0.2) is 24.3 Å². The molecule has 1 N–H and O–H groups in total. The van der Waals surface area contributed by atoms with Gasteiger partial charge in [0.2, 0.25) is 5.91 Å². The molecule has 0 bridgehead atoms. The van der Waals surface area contributed by atoms with Crippen molar-refractivity contribution in [3.05, 3.63) is 29.8 Å². The predicted molar refractivity (Wildman–Crippen MR) is 103 cm³/mol. The molecule has 0 spiro atoms. The van der Waals surface area contributed by atoms with Crippen LogP contribution in [0, 0.1) is 0 Å². The molecule has 5 heteroatoms. The van der Waals surface area contributed by atoms with E-state index < -0.39 is 0 Å². The Bertz CT molecular complexity index is 534. The number of nitrogens with zero attached hydrogens (tertiary/aromatic N) is 2. The summed E-state index contributed by atoms with van der Waals surface area (Å²) < 4.78 is 5.42. The third kappa shape index (κ3) is 6.77. The van der Waals surface area contributed by atoms with Crippen LogP contribution in [0.1, 0.15) is 32.3 Å². The van der Waals surface area contributed by atoms with Crippen LogP contribution in [0.4, 0.5) is 5.69 Å². The van der Waals surface area contributed by atoms with Gasteiger partial charge in [-0.1, -0.05) is 12.1 Å². The van der Waals surface area contributed by atoms with E-state index in [1.165, 1.54) is 5.56 Å². The minimum absolute atomic E-state index is 0.0250. The van der Waals surface area contributed by atoms with E-state index in [4.69, 9.17) is 4.74 Å². The third-order valence-corrected chi connectivity index (χ3v) is 4.92. The number of rotatable bonds is 8. The number of amides is 1. The fourth-order valence-electron chi connectivity index (χ4n) is 3.08. The van der Waals surface area contributed by atoms with Crippen LogP contribution >= 0.6 is 0 Å². The number of benzene rings is 1. The van der Waals surface area contributed by atoms with E-state index in [2.05, 4.69) is 55.2 Å². The largest absolute Gasteiger partial charge is 0.379 e. The molecule has 0 aromatic heterocycles. The van der Waals surface area contributed by atoms with Gasteiger partial charge in [-0.15, -0.1) is 0 Å². The molecule has 1 aliphatic rings. The number of nitrogens with one attached hydrogen (secondary N) is 1. The molecule has 0 unspecified atom stereocenters. The van der Waals surface area contributed by atoms with Crippen molar-refractivity contribution in [1.29, 1.82) is 0 Å². The highest BCUT2D eigenvalue weighted by Crippen LogP contribution is 2.22. The van der Waals surface area contributed by atoms with Gasteiger partial charge in [0.25, 0.3) is 0 Å². The lowest BCUT2D eigenvalue weighted by molar-refractivity contribution is -0.117. The molecule has 1 fully saturated rings. The summed E-state index contributed by atoms with van der Waals surface area (Å²) in [5, 5.41) is 3.02. The second-order valence-electron chi connectivity index (χ2n) is 7.71. The maximum atomic E-state index is 12.3. The monoisotopic (exact) mass is 347 g/mol. The van der Waals surface area contributed by atoms with E-state index in [1.54, 1.807) is 0 Å². The number of hydrogen-bond donors (Lipinski definition) is 1. The smallest absolute Gasteiger partial charge is 0.224 e. The van der Waals surface area contributed by atoms with Gasteiger partial charge in [-0.3, -0.25) is 9.69 Å². The Balaban J connectivity index is 1.77. The van der Waals surface area contributed by atoms with E-state index in [-0.39, 0.29) is 11.4 Å². The Labute approximate surface area is 152 Å². The Morgan fingerprint density at radius 2 is 1.84 bits per heavy atom. The Morgan fingerprint density at radius 1 is 1.20 bits per heavy atom. The standard InChI is InChI=1S/C20H33N3O2/c1-20(2,23-13-15-25-16-14-23)11-9-19(24)21-18-7-5-17(6-8-18)10-12-22(3)4/h5-8H,9-16H2,1-4H3,(H,21,24). The van der Waals surface area contributed by atoms with E-state index in [1.807, 2.05) is 12.1 Å². The lowest BCUT2D eigenvalue weighted by Crippen LogP contribution is -2.50. The number of ether oxygens (including phenoxy) is 1. The van der Waals surface area contributed by atoms with Gasteiger partial charge < -0.3 is 15.0 Å². The number of carbonyl (C=O) groups is 1. The van der Waals surface area contributed by atoms with Crippen molar-refractivity contribution < 1.29 is 9.53 Å². The van der Waals surface area contributed by atoms with Crippen molar-refractivity contribution in [2.45, 2.75) is 38.6 Å². The van der Waals surface area contributed by atoms with E-state index in [9.17, 15) is 4.79 Å². The average molecular weight is 348 g/mol. The lowest BCUT2D eigenvalue weighted by atomic mass is 9.95. The fourth-order valence-corrected chi connectivity index (χ4v) is 3.08. The normalized spacial score (nSPS) is 16.2. The van der Waals surface area contributed by atoms with Crippen molar-refractivity contribution in [3.8, 4) is 0 Å². The fraction of sp³-hybridized carbons (Fsp3) is 0.650. The number of morpholine rings is 1. The molecule has 5 nitrogen and oxygen atoms in total. The summed E-state index contributed by atoms with van der Waals surface area (Å²) in [6.45, 7) is 8.93. The van der Waals surface area contributed by atoms with E-state index in [0.717, 1.165) is 51.4 Å². The summed E-state index contributed by atoms with van der Waals surface area (Å²) in [5.41, 5.74) is 2.19. The zero-order valence-corrected chi connectivity index (χ0v) is 16.2. The SMILES string of the molecule is CN(C)CCc1ccc(NC(=O)CCC(C)(C)N2CCOCC2)cc1. The van der Waals surface area contributed by atoms with Gasteiger partial charge in [-0.25, -0.2) is 0 Å². The summed E-state index contributed by atoms with van der Waals surface area (Å²) >= 11 is 0. The summed E-state index contributed by atoms with van der Waals surface area (Å²) in [4.78, 5) is 16.9. The van der Waals surface area contributed by atoms with Crippen LogP contribution < -0.4 is 5.32 Å². The molecule has 0 saturated carbocycles. The van der Waals surface area contributed by atoms with Gasteiger partial charge >= 0.3 is 0 Å². The quantitative estimate of drug-likeness (QED) is 0.785. The molecular weight excluding hydrogens is 314 g/mol. The van der Waals surface area contributed by atoms with Crippen molar-refractivity contribution >= 4 is 11.6 Å². The predicted octanol–water partition coefficient (Wildman–Crippen LogP) is 2.62. The topological polar surface area (TPSA) is 44.8 Å². The van der Waals surface area contributed by atoms with Gasteiger partial charge in [0.1, 0.15) is 0 Å². The van der Waals surface area contributed by atoms with Gasteiger partial charge in [0, 0.05) is 37.3 Å². The summed E-state index contributed by atoms with van der Waals surface area (Å²) in [6.07, 6.45) is 2.40. The molecule has 1 aliphatic heterocycles. The number of anilines is 1. The van der Waals surface area contributed by atoms with Crippen LogP contribution in [0.2, 0.25) is 0 Å². The molecule has 25 heavy (non-hydrogen) atoms. The highest BCUT2D eigenvalue weighted by molar-refractivity contribution is 5.90. The van der Waals surface area contributed by atoms with Crippen LogP contribution in [-0.2, 0) is 16.0 Å². The van der Waals surface area contributed by atoms with Crippen molar-refractivity contribution in [2.24, 2.45) is 0 Å². The summed E-state index contributed by atoms with van der Waals surface area (Å²) in [7, 11) is 4.15. The third-order valence-electron chi connectivity index (χ3n) is 4.92. The number of hydrogen-bond acceptors (Lipinski definition) is 4. The van der Waals surface area contributed by atoms with Crippen LogP contribution in [0.3, 0.4) is 0 Å². The molecular formula is C20H33N3O2. The molecule has 0 radical (unpaired) electrons. The molecule has 2 rings (SSSR count). The van der Waals surface area contributed by atoms with E-state index >= 15 is 0 Å². The number of carbonyl (C=O) groups excluding carboxylic acids is 1. The Hall–Kier alpha value is -1.43. The minimum atomic E-state index is 0.0250. The zero-order valence-electron chi connectivity index (χ0n) is 16.2. The Kier molecular flexibility index (Phi) is 7.41. The van der Waals surface area contributed by atoms with Gasteiger partial charge in [-0.05, 0) is 58.5 Å². The van der Waals surface area contributed by atoms with Gasteiger partial charge in [-0.2, -0.15) is 0 Å². The first-order valence-corrected chi connectivity index (χ1v) is 9.23. The maximum Gasteiger partial charge on any atom is 0.224 e. The highest BCUT2D eigenvalue weighted by atomic mass is 16.5. The molecule has 0 aliphatic carbocycles.